The summed E-state index contributed by atoms with van der Waals surface area (Å²) in [6.45, 7) is 15.3. The smallest absolute Gasteiger partial charge is 0.434 e. The van der Waals surface area contributed by atoms with Crippen LogP contribution in [0, 0.1) is 0 Å². The molecule has 3 aliphatic rings. The van der Waals surface area contributed by atoms with Gasteiger partial charge in [0.25, 0.3) is 5.91 Å². The highest BCUT2D eigenvalue weighted by Gasteiger charge is 2.43. The number of carbonyl (C=O) groups excluding carboxylic acids is 3. The van der Waals surface area contributed by atoms with Crippen molar-refractivity contribution >= 4 is 41.4 Å². The van der Waals surface area contributed by atoms with Gasteiger partial charge in [-0.15, -0.1) is 0 Å². The number of carboxylic acids is 3. The van der Waals surface area contributed by atoms with E-state index in [1.807, 2.05) is 62.6 Å². The van der Waals surface area contributed by atoms with E-state index in [4.69, 9.17) is 23.9 Å². The van der Waals surface area contributed by atoms with Crippen LogP contribution >= 0.6 is 0 Å². The number of rotatable bonds is 29. The first-order valence-electron chi connectivity index (χ1n) is 30.0. The molecule has 87 heavy (non-hydrogen) atoms. The van der Waals surface area contributed by atoms with Crippen molar-refractivity contribution in [1.29, 1.82) is 0 Å². The quantitative estimate of drug-likeness (QED) is 0.0489. The normalized spacial score (nSPS) is 20.0. The highest BCUT2D eigenvalue weighted by molar-refractivity contribution is 5.96. The minimum absolute atomic E-state index is 0.0518. The topological polar surface area (TPSA) is 285 Å². The molecule has 6 rings (SSSR count). The van der Waals surface area contributed by atoms with Gasteiger partial charge in [0.1, 0.15) is 0 Å². The van der Waals surface area contributed by atoms with E-state index in [0.717, 1.165) is 11.8 Å². The average Bonchev–Trinajstić information content (AvgIpc) is 2.04. The number of amides is 2. The van der Waals surface area contributed by atoms with Gasteiger partial charge in [-0.3, -0.25) is 53.3 Å². The van der Waals surface area contributed by atoms with Crippen LogP contribution in [0.4, 0.5) is 18.9 Å². The SMILES string of the molecule is CCOc1ccc(C(=O)N2CCN(c3ccc(-c4cccnc4OCC)nc3CNCCCN3CC(=O)OC(CC)(OCCC(C)(CC)NC(=O)CN4CCN(CC(=O)O)CCN(CC(=O)O)CCN(CC(=O)O)CC4)C3)[C@H](CC)C2)c(C(F)(F)F)n1. The lowest BCUT2D eigenvalue weighted by atomic mass is 9.94. The number of esters is 1. The number of anilines is 1. The van der Waals surface area contributed by atoms with Crippen LogP contribution in [0.1, 0.15) is 95.4 Å². The van der Waals surface area contributed by atoms with Crippen LogP contribution in [0.3, 0.4) is 0 Å². The Kier molecular flexibility index (Phi) is 26.2. The maximum Gasteiger partial charge on any atom is 0.434 e. The van der Waals surface area contributed by atoms with Crippen molar-refractivity contribution in [3.63, 3.8) is 0 Å². The number of alkyl halides is 3. The third kappa shape index (κ3) is 20.9. The molecule has 25 nitrogen and oxygen atoms in total. The lowest BCUT2D eigenvalue weighted by Crippen LogP contribution is -2.56. The number of aliphatic carboxylic acids is 3. The van der Waals surface area contributed by atoms with Crippen LogP contribution in [-0.4, -0.2) is 257 Å². The molecule has 3 atom stereocenters. The summed E-state index contributed by atoms with van der Waals surface area (Å²) >= 11 is 0. The summed E-state index contributed by atoms with van der Waals surface area (Å²) in [5.74, 6) is -5.69. The third-order valence-electron chi connectivity index (χ3n) is 15.9. The van der Waals surface area contributed by atoms with Gasteiger partial charge in [0.15, 0.2) is 5.69 Å². The third-order valence-corrected chi connectivity index (χ3v) is 15.9. The van der Waals surface area contributed by atoms with Crippen molar-refractivity contribution < 1.29 is 76.2 Å². The number of pyridine rings is 3. The van der Waals surface area contributed by atoms with Gasteiger partial charge in [-0.1, -0.05) is 20.8 Å². The minimum Gasteiger partial charge on any atom is -0.480 e. The van der Waals surface area contributed by atoms with Gasteiger partial charge < -0.3 is 54.7 Å². The Morgan fingerprint density at radius 1 is 0.770 bits per heavy atom. The molecule has 3 aromatic rings. The van der Waals surface area contributed by atoms with Gasteiger partial charge in [0.05, 0.1) is 87.3 Å². The van der Waals surface area contributed by atoms with Crippen molar-refractivity contribution in [3.8, 4) is 23.0 Å². The zero-order chi connectivity index (χ0) is 63.3. The molecule has 0 radical (unpaired) electrons. The van der Waals surface area contributed by atoms with Gasteiger partial charge in [0, 0.05) is 115 Å². The molecule has 3 fully saturated rings. The first-order chi connectivity index (χ1) is 41.5. The van der Waals surface area contributed by atoms with Crippen LogP contribution in [0.2, 0.25) is 0 Å². The predicted molar refractivity (Wildman–Crippen MR) is 314 cm³/mol. The molecule has 0 bridgehead atoms. The Labute approximate surface area is 506 Å². The summed E-state index contributed by atoms with van der Waals surface area (Å²) in [7, 11) is 0. The first-order valence-corrected chi connectivity index (χ1v) is 30.0. The zero-order valence-corrected chi connectivity index (χ0v) is 50.9. The number of hydrogen-bond acceptors (Lipinski definition) is 20. The molecule has 3 aliphatic heterocycles. The number of carbonyl (C=O) groups is 6. The first kappa shape index (κ1) is 69.3. The molecule has 3 saturated heterocycles. The van der Waals surface area contributed by atoms with Crippen LogP contribution < -0.4 is 25.0 Å². The number of carboxylic acid groups (broad SMARTS) is 3. The van der Waals surface area contributed by atoms with Crippen molar-refractivity contribution in [1.82, 2.24) is 55.0 Å². The Hall–Kier alpha value is -6.82. The molecular weight excluding hydrogens is 1140 g/mol. The Morgan fingerprint density at radius 2 is 1.39 bits per heavy atom. The van der Waals surface area contributed by atoms with Gasteiger partial charge in [-0.05, 0) is 83.3 Å². The maximum absolute atomic E-state index is 14.3. The minimum atomic E-state index is -4.89. The lowest BCUT2D eigenvalue weighted by Gasteiger charge is -2.43. The summed E-state index contributed by atoms with van der Waals surface area (Å²) in [5, 5.41) is 35.5. The van der Waals surface area contributed by atoms with E-state index in [1.54, 1.807) is 33.9 Å². The van der Waals surface area contributed by atoms with E-state index in [1.165, 1.54) is 11.0 Å². The van der Waals surface area contributed by atoms with Gasteiger partial charge in [0.2, 0.25) is 23.5 Å². The van der Waals surface area contributed by atoms with E-state index >= 15 is 0 Å². The molecule has 3 aromatic heterocycles. The molecule has 0 aliphatic carbocycles. The second-order valence-electron chi connectivity index (χ2n) is 22.3. The summed E-state index contributed by atoms with van der Waals surface area (Å²) in [4.78, 5) is 102. The Bertz CT molecular complexity index is 2760. The molecule has 0 aromatic carbocycles. The average molecular weight is 1230 g/mol. The molecule has 28 heteroatoms. The fourth-order valence-corrected chi connectivity index (χ4v) is 11.0. The van der Waals surface area contributed by atoms with Crippen molar-refractivity contribution in [2.75, 3.05) is 149 Å². The fourth-order valence-electron chi connectivity index (χ4n) is 11.0. The largest absolute Gasteiger partial charge is 0.480 e. The van der Waals surface area contributed by atoms with Gasteiger partial charge >= 0.3 is 30.1 Å². The van der Waals surface area contributed by atoms with E-state index in [-0.39, 0.29) is 129 Å². The molecule has 0 spiro atoms. The van der Waals surface area contributed by atoms with E-state index in [9.17, 15) is 57.3 Å². The van der Waals surface area contributed by atoms with Crippen LogP contribution in [0.25, 0.3) is 11.3 Å². The highest BCUT2D eigenvalue weighted by atomic mass is 19.4. The van der Waals surface area contributed by atoms with E-state index < -0.39 is 58.5 Å². The number of nitrogens with one attached hydrogen (secondary N) is 2. The van der Waals surface area contributed by atoms with E-state index in [2.05, 4.69) is 25.5 Å². The van der Waals surface area contributed by atoms with Crippen molar-refractivity contribution in [2.45, 2.75) is 104 Å². The standard InChI is InChI=1S/C59H87F3N12O13/c1-7-42-35-73(56(83)44-15-18-49(84-10-4)66-54(44)59(60,61)62)31-32-74(42)47-17-16-45(43-14-12-21-64-55(43)85-11-5)65-46(47)34-63-20-13-22-72-40-53(82)87-58(9-3,41-72)86-33-19-57(6,8-2)67-48(75)36-68-23-25-69(37-50(76)77)27-29-71(39-52(80)81)30-28-70(26-24-68)38-51(78)79/h12,14-18,21,42,63H,7-11,13,19-20,22-41H2,1-6H3,(H,67,75)(H,76,77)(H,78,79)(H,80,81)/t42-,57?,58?/m1/s1. The maximum atomic E-state index is 14.3. The summed E-state index contributed by atoms with van der Waals surface area (Å²) in [5.41, 5.74) is 0.218. The molecule has 482 valence electrons. The number of ether oxygens (including phenoxy) is 4. The summed E-state index contributed by atoms with van der Waals surface area (Å²) < 4.78 is 66.3. The van der Waals surface area contributed by atoms with E-state index in [0.29, 0.717) is 94.3 Å². The van der Waals surface area contributed by atoms with Crippen molar-refractivity contribution in [3.05, 3.63) is 59.5 Å². The van der Waals surface area contributed by atoms with Gasteiger partial charge in [-0.2, -0.15) is 13.2 Å². The van der Waals surface area contributed by atoms with Crippen LogP contribution in [-0.2, 0) is 46.2 Å². The molecule has 2 unspecified atom stereocenters. The fraction of sp³-hybridized carbons (Fsp3) is 0.644. The monoisotopic (exact) mass is 1230 g/mol. The van der Waals surface area contributed by atoms with Crippen LogP contribution in [0.15, 0.2) is 42.6 Å². The number of hydrogen-bond donors (Lipinski definition) is 5. The van der Waals surface area contributed by atoms with Crippen LogP contribution in [0.5, 0.6) is 11.8 Å². The Morgan fingerprint density at radius 3 is 1.95 bits per heavy atom. The van der Waals surface area contributed by atoms with Gasteiger partial charge in [-0.25, -0.2) is 15.0 Å². The Balaban J connectivity index is 1.07. The summed E-state index contributed by atoms with van der Waals surface area (Å²) in [6, 6.07) is 9.64. The number of cyclic esters (lactones) is 1. The second kappa shape index (κ2) is 33.0. The molecule has 0 saturated carbocycles. The summed E-state index contributed by atoms with van der Waals surface area (Å²) in [6.07, 6.45) is -0.807. The number of aromatic nitrogens is 3. The van der Waals surface area contributed by atoms with Crippen molar-refractivity contribution in [2.24, 2.45) is 0 Å². The molecular formula is C59H87F3N12O13. The number of nitrogens with zero attached hydrogens (tertiary/aromatic N) is 10. The molecule has 5 N–H and O–H groups in total. The predicted octanol–water partition coefficient (Wildman–Crippen LogP) is 3.71. The number of halogens is 3. The number of piperazine rings is 1. The lowest BCUT2D eigenvalue weighted by molar-refractivity contribution is -0.256. The highest BCUT2D eigenvalue weighted by Crippen LogP contribution is 2.35. The molecule has 6 heterocycles. The molecule has 2 amide bonds. The zero-order valence-electron chi connectivity index (χ0n) is 50.9. The second-order valence-corrected chi connectivity index (χ2v) is 22.3. The number of morpholine rings is 1.